The average molecular weight is 294 g/mol. The number of halogens is 2. The van der Waals surface area contributed by atoms with Crippen LogP contribution in [0.25, 0.3) is 11.1 Å². The molecule has 2 N–H and O–H groups in total. The Hall–Kier alpha value is -1.68. The smallest absolute Gasteiger partial charge is 0.248 e. The van der Waals surface area contributed by atoms with Crippen LogP contribution in [0.15, 0.2) is 46.9 Å². The molecule has 0 spiro atoms. The Kier molecular flexibility index (Phi) is 3.24. The van der Waals surface area contributed by atoms with Crippen LogP contribution < -0.4 is 5.73 Å². The first-order valence-electron chi connectivity index (χ1n) is 4.93. The molecule has 0 aliphatic heterocycles. The molecule has 0 saturated heterocycles. The molecule has 0 unspecified atom stereocenters. The van der Waals surface area contributed by atoms with Gasteiger partial charge in [-0.05, 0) is 51.3 Å². The van der Waals surface area contributed by atoms with Crippen LogP contribution in [-0.4, -0.2) is 5.91 Å². The maximum atomic E-state index is 13.4. The molecule has 0 atom stereocenters. The molecule has 0 aliphatic carbocycles. The van der Waals surface area contributed by atoms with E-state index in [1.165, 1.54) is 6.07 Å². The number of hydrogen-bond acceptors (Lipinski definition) is 1. The Balaban J connectivity index is 2.49. The van der Waals surface area contributed by atoms with Crippen LogP contribution in [0.3, 0.4) is 0 Å². The molecule has 4 heteroatoms. The van der Waals surface area contributed by atoms with Crippen molar-refractivity contribution >= 4 is 21.8 Å². The summed E-state index contributed by atoms with van der Waals surface area (Å²) in [4.78, 5) is 11.0. The second-order valence-corrected chi connectivity index (χ2v) is 4.43. The molecule has 0 radical (unpaired) electrons. The van der Waals surface area contributed by atoms with Crippen molar-refractivity contribution in [1.29, 1.82) is 0 Å². The molecular weight excluding hydrogens is 285 g/mol. The normalized spacial score (nSPS) is 10.2. The van der Waals surface area contributed by atoms with Crippen molar-refractivity contribution in [2.45, 2.75) is 0 Å². The van der Waals surface area contributed by atoms with Crippen LogP contribution in [0.4, 0.5) is 4.39 Å². The van der Waals surface area contributed by atoms with E-state index in [2.05, 4.69) is 15.9 Å². The van der Waals surface area contributed by atoms with E-state index in [-0.39, 0.29) is 5.82 Å². The van der Waals surface area contributed by atoms with Gasteiger partial charge in [0.2, 0.25) is 5.91 Å². The van der Waals surface area contributed by atoms with Gasteiger partial charge in [0.25, 0.3) is 0 Å². The second kappa shape index (κ2) is 4.67. The molecule has 0 fully saturated rings. The highest BCUT2D eigenvalue weighted by Gasteiger charge is 2.05. The van der Waals surface area contributed by atoms with Crippen molar-refractivity contribution in [2.75, 3.05) is 0 Å². The molecule has 17 heavy (non-hydrogen) atoms. The summed E-state index contributed by atoms with van der Waals surface area (Å²) >= 11 is 3.09. The number of benzene rings is 2. The summed E-state index contributed by atoms with van der Waals surface area (Å²) < 4.78 is 13.8. The van der Waals surface area contributed by atoms with Crippen LogP contribution >= 0.6 is 15.9 Å². The fourth-order valence-electron chi connectivity index (χ4n) is 1.53. The topological polar surface area (TPSA) is 43.1 Å². The maximum absolute atomic E-state index is 13.4. The summed E-state index contributed by atoms with van der Waals surface area (Å²) in [6.45, 7) is 0. The molecule has 2 rings (SSSR count). The minimum absolute atomic E-state index is 0.341. The van der Waals surface area contributed by atoms with Crippen LogP contribution in [0.2, 0.25) is 0 Å². The van der Waals surface area contributed by atoms with Gasteiger partial charge in [-0.1, -0.05) is 18.2 Å². The standard InChI is InChI=1S/C13H9BrFNO/c14-11-5-4-9(7-12(11)15)8-2-1-3-10(6-8)13(16)17/h1-7H,(H2,16,17). The molecule has 1 amide bonds. The van der Waals surface area contributed by atoms with Crippen LogP contribution in [0, 0.1) is 5.82 Å². The highest BCUT2D eigenvalue weighted by atomic mass is 79.9. The number of carbonyl (C=O) groups excluding carboxylic acids is 1. The van der Waals surface area contributed by atoms with E-state index < -0.39 is 5.91 Å². The number of carbonyl (C=O) groups is 1. The lowest BCUT2D eigenvalue weighted by Gasteiger charge is -2.04. The fourth-order valence-corrected chi connectivity index (χ4v) is 1.77. The Morgan fingerprint density at radius 2 is 1.82 bits per heavy atom. The van der Waals surface area contributed by atoms with Gasteiger partial charge >= 0.3 is 0 Å². The molecule has 2 nitrogen and oxygen atoms in total. The van der Waals surface area contributed by atoms with Crippen molar-refractivity contribution in [3.05, 3.63) is 58.3 Å². The monoisotopic (exact) mass is 293 g/mol. The van der Waals surface area contributed by atoms with E-state index in [0.29, 0.717) is 15.6 Å². The van der Waals surface area contributed by atoms with Gasteiger partial charge in [0.1, 0.15) is 5.82 Å². The number of primary amides is 1. The van der Waals surface area contributed by atoms with E-state index in [1.54, 1.807) is 36.4 Å². The predicted octanol–water partition coefficient (Wildman–Crippen LogP) is 3.35. The third kappa shape index (κ3) is 2.53. The van der Waals surface area contributed by atoms with E-state index >= 15 is 0 Å². The van der Waals surface area contributed by atoms with Crippen LogP contribution in [0.1, 0.15) is 10.4 Å². The minimum atomic E-state index is -0.496. The van der Waals surface area contributed by atoms with Crippen molar-refractivity contribution < 1.29 is 9.18 Å². The maximum Gasteiger partial charge on any atom is 0.248 e. The van der Waals surface area contributed by atoms with Gasteiger partial charge in [0, 0.05) is 5.56 Å². The second-order valence-electron chi connectivity index (χ2n) is 3.57. The SMILES string of the molecule is NC(=O)c1cccc(-c2ccc(Br)c(F)c2)c1. The summed E-state index contributed by atoms with van der Waals surface area (Å²) in [7, 11) is 0. The zero-order valence-corrected chi connectivity index (χ0v) is 10.4. The zero-order valence-electron chi connectivity index (χ0n) is 8.78. The van der Waals surface area contributed by atoms with Crippen molar-refractivity contribution in [2.24, 2.45) is 5.73 Å². The van der Waals surface area contributed by atoms with Crippen LogP contribution in [-0.2, 0) is 0 Å². The number of hydrogen-bond donors (Lipinski definition) is 1. The molecule has 2 aromatic rings. The summed E-state index contributed by atoms with van der Waals surface area (Å²) in [6, 6.07) is 11.6. The first kappa shape index (κ1) is 11.8. The van der Waals surface area contributed by atoms with E-state index in [0.717, 1.165) is 5.56 Å². The van der Waals surface area contributed by atoms with Gasteiger partial charge < -0.3 is 5.73 Å². The van der Waals surface area contributed by atoms with E-state index in [9.17, 15) is 9.18 Å². The fraction of sp³-hybridized carbons (Fsp3) is 0. The highest BCUT2D eigenvalue weighted by molar-refractivity contribution is 9.10. The number of nitrogens with two attached hydrogens (primary N) is 1. The average Bonchev–Trinajstić information content (AvgIpc) is 2.33. The molecule has 2 aromatic carbocycles. The van der Waals surface area contributed by atoms with Gasteiger partial charge in [-0.2, -0.15) is 0 Å². The highest BCUT2D eigenvalue weighted by Crippen LogP contribution is 2.25. The quantitative estimate of drug-likeness (QED) is 0.906. The lowest BCUT2D eigenvalue weighted by atomic mass is 10.0. The summed E-state index contributed by atoms with van der Waals surface area (Å²) in [5.74, 6) is -0.837. The van der Waals surface area contributed by atoms with Crippen molar-refractivity contribution in [3.8, 4) is 11.1 Å². The molecule has 0 aliphatic rings. The van der Waals surface area contributed by atoms with E-state index in [4.69, 9.17) is 5.73 Å². The Morgan fingerprint density at radius 1 is 1.12 bits per heavy atom. The lowest BCUT2D eigenvalue weighted by molar-refractivity contribution is 0.100. The molecule has 0 saturated carbocycles. The largest absolute Gasteiger partial charge is 0.366 e. The molecular formula is C13H9BrFNO. The van der Waals surface area contributed by atoms with Gasteiger partial charge in [-0.25, -0.2) is 4.39 Å². The predicted molar refractivity (Wildman–Crippen MR) is 68.1 cm³/mol. The Bertz CT molecular complexity index is 583. The number of rotatable bonds is 2. The van der Waals surface area contributed by atoms with Gasteiger partial charge in [-0.3, -0.25) is 4.79 Å². The van der Waals surface area contributed by atoms with Crippen LogP contribution in [0.5, 0.6) is 0 Å². The molecule has 86 valence electrons. The zero-order chi connectivity index (χ0) is 12.4. The first-order valence-corrected chi connectivity index (χ1v) is 5.72. The molecule has 0 aromatic heterocycles. The Labute approximate surface area is 106 Å². The van der Waals surface area contributed by atoms with Gasteiger partial charge in [0.05, 0.1) is 4.47 Å². The summed E-state index contributed by atoms with van der Waals surface area (Å²) in [5, 5.41) is 0. The third-order valence-corrected chi connectivity index (χ3v) is 3.04. The van der Waals surface area contributed by atoms with Crippen molar-refractivity contribution in [3.63, 3.8) is 0 Å². The molecule has 0 heterocycles. The first-order chi connectivity index (χ1) is 8.08. The van der Waals surface area contributed by atoms with Crippen molar-refractivity contribution in [1.82, 2.24) is 0 Å². The molecule has 0 bridgehead atoms. The number of amides is 1. The lowest BCUT2D eigenvalue weighted by Crippen LogP contribution is -2.10. The minimum Gasteiger partial charge on any atom is -0.366 e. The summed E-state index contributed by atoms with van der Waals surface area (Å²) in [6.07, 6.45) is 0. The van der Waals surface area contributed by atoms with E-state index in [1.807, 2.05) is 0 Å². The van der Waals surface area contributed by atoms with Gasteiger partial charge in [-0.15, -0.1) is 0 Å². The summed E-state index contributed by atoms with van der Waals surface area (Å²) in [5.41, 5.74) is 7.06. The third-order valence-electron chi connectivity index (χ3n) is 2.40. The van der Waals surface area contributed by atoms with Gasteiger partial charge in [0.15, 0.2) is 0 Å². The Morgan fingerprint density at radius 3 is 2.47 bits per heavy atom.